The summed E-state index contributed by atoms with van der Waals surface area (Å²) in [5, 5.41) is 3.41. The Bertz CT molecular complexity index is 327. The van der Waals surface area contributed by atoms with Gasteiger partial charge in [-0.05, 0) is 25.0 Å². The molecule has 3 heterocycles. The molecule has 3 rings (SSSR count). The van der Waals surface area contributed by atoms with Crippen LogP contribution < -0.4 is 5.32 Å². The van der Waals surface area contributed by atoms with Crippen LogP contribution in [0.3, 0.4) is 0 Å². The number of furan rings is 1. The van der Waals surface area contributed by atoms with Crippen LogP contribution in [0.4, 0.5) is 0 Å². The molecule has 0 aliphatic carbocycles. The number of morpholine rings is 1. The summed E-state index contributed by atoms with van der Waals surface area (Å²) >= 11 is 0. The minimum absolute atomic E-state index is 0.499. The second-order valence-electron chi connectivity index (χ2n) is 4.97. The van der Waals surface area contributed by atoms with Gasteiger partial charge < -0.3 is 14.5 Å². The van der Waals surface area contributed by atoms with Crippen LogP contribution in [0.25, 0.3) is 0 Å². The summed E-state index contributed by atoms with van der Waals surface area (Å²) in [4.78, 5) is 2.51. The molecule has 0 amide bonds. The van der Waals surface area contributed by atoms with Crippen LogP contribution in [-0.2, 0) is 11.3 Å². The number of rotatable bonds is 5. The third-order valence-electron chi connectivity index (χ3n) is 3.60. The Labute approximate surface area is 102 Å². The van der Waals surface area contributed by atoms with Gasteiger partial charge in [0.2, 0.25) is 0 Å². The fourth-order valence-electron chi connectivity index (χ4n) is 2.74. The molecular weight excluding hydrogens is 216 g/mol. The number of likely N-dealkylation sites (tertiary alicyclic amines) is 1. The van der Waals surface area contributed by atoms with E-state index in [2.05, 4.69) is 10.2 Å². The van der Waals surface area contributed by atoms with E-state index in [0.717, 1.165) is 38.5 Å². The molecular formula is C13H20N2O2. The van der Waals surface area contributed by atoms with Crippen molar-refractivity contribution in [2.45, 2.75) is 31.6 Å². The molecule has 1 aromatic rings. The Morgan fingerprint density at radius 1 is 1.29 bits per heavy atom. The summed E-state index contributed by atoms with van der Waals surface area (Å²) in [7, 11) is 0. The highest BCUT2D eigenvalue weighted by Gasteiger charge is 2.33. The third kappa shape index (κ3) is 2.89. The number of hydrogen-bond donors (Lipinski definition) is 1. The van der Waals surface area contributed by atoms with E-state index >= 15 is 0 Å². The van der Waals surface area contributed by atoms with Crippen LogP contribution in [-0.4, -0.2) is 43.3 Å². The fourth-order valence-corrected chi connectivity index (χ4v) is 2.74. The predicted octanol–water partition coefficient (Wildman–Crippen LogP) is 1.23. The fraction of sp³-hybridized carbons (Fsp3) is 0.692. The monoisotopic (exact) mass is 236 g/mol. The van der Waals surface area contributed by atoms with Crippen molar-refractivity contribution in [1.82, 2.24) is 10.2 Å². The smallest absolute Gasteiger partial charge is 0.117 e. The van der Waals surface area contributed by atoms with Gasteiger partial charge in [-0.2, -0.15) is 0 Å². The number of nitrogens with zero attached hydrogens (tertiary/aromatic N) is 1. The van der Waals surface area contributed by atoms with Gasteiger partial charge in [-0.15, -0.1) is 0 Å². The molecule has 0 radical (unpaired) electrons. The molecule has 2 aliphatic rings. The van der Waals surface area contributed by atoms with E-state index in [1.807, 2.05) is 12.1 Å². The van der Waals surface area contributed by atoms with Crippen LogP contribution in [0, 0.1) is 0 Å². The van der Waals surface area contributed by atoms with Crippen molar-refractivity contribution in [2.75, 3.05) is 26.2 Å². The van der Waals surface area contributed by atoms with Crippen LogP contribution in [0.1, 0.15) is 18.6 Å². The molecule has 2 atom stereocenters. The van der Waals surface area contributed by atoms with Crippen molar-refractivity contribution in [3.63, 3.8) is 0 Å². The summed E-state index contributed by atoms with van der Waals surface area (Å²) in [6, 6.07) is 3.93. The van der Waals surface area contributed by atoms with Gasteiger partial charge >= 0.3 is 0 Å². The van der Waals surface area contributed by atoms with E-state index in [1.54, 1.807) is 6.26 Å². The lowest BCUT2D eigenvalue weighted by Gasteiger charge is -2.31. The van der Waals surface area contributed by atoms with Gasteiger partial charge in [0.05, 0.1) is 25.0 Å². The summed E-state index contributed by atoms with van der Waals surface area (Å²) in [5.41, 5.74) is 0. The standard InChI is InChI=1S/C13H20N2O2/c1-2-11(16-7-1)8-14-5-6-15-9-12-3-4-13(10-15)17-12/h1-2,7,12-14H,3-6,8-10H2. The zero-order chi connectivity index (χ0) is 11.5. The number of hydrogen-bond acceptors (Lipinski definition) is 4. The summed E-state index contributed by atoms with van der Waals surface area (Å²) in [5.74, 6) is 1.01. The molecule has 17 heavy (non-hydrogen) atoms. The highest BCUT2D eigenvalue weighted by atomic mass is 16.5. The van der Waals surface area contributed by atoms with E-state index in [9.17, 15) is 0 Å². The molecule has 2 bridgehead atoms. The van der Waals surface area contributed by atoms with E-state index in [0.29, 0.717) is 12.2 Å². The first-order valence-corrected chi connectivity index (χ1v) is 6.51. The maximum atomic E-state index is 5.82. The number of fused-ring (bicyclic) bond motifs is 2. The maximum Gasteiger partial charge on any atom is 0.117 e. The molecule has 2 unspecified atom stereocenters. The molecule has 2 fully saturated rings. The van der Waals surface area contributed by atoms with Crippen molar-refractivity contribution in [3.8, 4) is 0 Å². The molecule has 2 aliphatic heterocycles. The van der Waals surface area contributed by atoms with Crippen LogP contribution in [0.2, 0.25) is 0 Å². The molecule has 1 aromatic heterocycles. The molecule has 0 saturated carbocycles. The molecule has 1 N–H and O–H groups in total. The molecule has 94 valence electrons. The van der Waals surface area contributed by atoms with Crippen molar-refractivity contribution in [2.24, 2.45) is 0 Å². The topological polar surface area (TPSA) is 37.6 Å². The van der Waals surface area contributed by atoms with Gasteiger partial charge in [-0.1, -0.05) is 0 Å². The minimum atomic E-state index is 0.499. The first kappa shape index (κ1) is 11.3. The Hall–Kier alpha value is -0.840. The molecule has 2 saturated heterocycles. The van der Waals surface area contributed by atoms with Gasteiger partial charge in [-0.25, -0.2) is 0 Å². The first-order valence-electron chi connectivity index (χ1n) is 6.51. The normalized spacial score (nSPS) is 28.7. The van der Waals surface area contributed by atoms with Crippen molar-refractivity contribution in [1.29, 1.82) is 0 Å². The average Bonchev–Trinajstić information content (AvgIpc) is 2.95. The van der Waals surface area contributed by atoms with Crippen molar-refractivity contribution < 1.29 is 9.15 Å². The van der Waals surface area contributed by atoms with Gasteiger partial charge in [0.15, 0.2) is 0 Å². The van der Waals surface area contributed by atoms with Crippen LogP contribution in [0.15, 0.2) is 22.8 Å². The summed E-state index contributed by atoms with van der Waals surface area (Å²) in [6.45, 7) is 5.17. The zero-order valence-electron chi connectivity index (χ0n) is 10.1. The SMILES string of the molecule is c1coc(CNCCN2CC3CCC(C2)O3)c1. The quantitative estimate of drug-likeness (QED) is 0.780. The van der Waals surface area contributed by atoms with E-state index in [-0.39, 0.29) is 0 Å². The lowest BCUT2D eigenvalue weighted by Crippen LogP contribution is -2.45. The minimum Gasteiger partial charge on any atom is -0.468 e. The number of nitrogens with one attached hydrogen (secondary N) is 1. The lowest BCUT2D eigenvalue weighted by molar-refractivity contribution is -0.0377. The zero-order valence-corrected chi connectivity index (χ0v) is 10.1. The predicted molar refractivity (Wildman–Crippen MR) is 64.7 cm³/mol. The average molecular weight is 236 g/mol. The highest BCUT2D eigenvalue weighted by Crippen LogP contribution is 2.25. The molecule has 4 nitrogen and oxygen atoms in total. The summed E-state index contributed by atoms with van der Waals surface area (Å²) in [6.07, 6.45) is 5.22. The second-order valence-corrected chi connectivity index (χ2v) is 4.97. The molecule has 4 heteroatoms. The molecule has 0 spiro atoms. The lowest BCUT2D eigenvalue weighted by atomic mass is 10.2. The van der Waals surface area contributed by atoms with E-state index < -0.39 is 0 Å². The maximum absolute atomic E-state index is 5.82. The Kier molecular flexibility index (Phi) is 3.45. The van der Waals surface area contributed by atoms with E-state index in [1.165, 1.54) is 12.8 Å². The van der Waals surface area contributed by atoms with Crippen LogP contribution >= 0.6 is 0 Å². The first-order chi connectivity index (χ1) is 8.40. The van der Waals surface area contributed by atoms with Crippen molar-refractivity contribution in [3.05, 3.63) is 24.2 Å². The highest BCUT2D eigenvalue weighted by molar-refractivity contribution is 4.97. The van der Waals surface area contributed by atoms with Gasteiger partial charge in [0, 0.05) is 26.2 Å². The van der Waals surface area contributed by atoms with Crippen LogP contribution in [0.5, 0.6) is 0 Å². The molecule has 0 aromatic carbocycles. The van der Waals surface area contributed by atoms with Gasteiger partial charge in [0.1, 0.15) is 5.76 Å². The Morgan fingerprint density at radius 2 is 2.12 bits per heavy atom. The van der Waals surface area contributed by atoms with E-state index in [4.69, 9.17) is 9.15 Å². The number of ether oxygens (including phenoxy) is 1. The van der Waals surface area contributed by atoms with Crippen molar-refractivity contribution >= 4 is 0 Å². The van der Waals surface area contributed by atoms with Gasteiger partial charge in [-0.3, -0.25) is 4.90 Å². The van der Waals surface area contributed by atoms with Gasteiger partial charge in [0.25, 0.3) is 0 Å². The summed E-state index contributed by atoms with van der Waals surface area (Å²) < 4.78 is 11.1. The third-order valence-corrected chi connectivity index (χ3v) is 3.60. The Morgan fingerprint density at radius 3 is 2.82 bits per heavy atom. The second kappa shape index (κ2) is 5.21. The largest absolute Gasteiger partial charge is 0.468 e. The Balaban J connectivity index is 1.34.